The lowest BCUT2D eigenvalue weighted by molar-refractivity contribution is -0.870. The predicted molar refractivity (Wildman–Crippen MR) is 351 cm³/mol. The molecule has 0 heterocycles. The lowest BCUT2D eigenvalue weighted by Crippen LogP contribution is -2.47. The van der Waals surface area contributed by atoms with Crippen molar-refractivity contribution in [3.8, 4) is 0 Å². The van der Waals surface area contributed by atoms with Crippen LogP contribution in [0, 0.1) is 0 Å². The molecule has 3 atom stereocenters. The van der Waals surface area contributed by atoms with Gasteiger partial charge in [-0.05, 0) is 83.1 Å². The molecule has 0 rings (SSSR count). The highest BCUT2D eigenvalue weighted by Crippen LogP contribution is 2.43. The Kier molecular flexibility index (Phi) is 58.2. The van der Waals surface area contributed by atoms with Crippen LogP contribution in [0.4, 0.5) is 0 Å². The highest BCUT2D eigenvalue weighted by atomic mass is 31.2. The molecule has 0 aliphatic rings. The van der Waals surface area contributed by atoms with Crippen LogP contribution in [-0.4, -0.2) is 74.3 Å². The second kappa shape index (κ2) is 60.3. The first kappa shape index (κ1) is 78.2. The topological polar surface area (TPSA) is 111 Å². The maximum absolute atomic E-state index is 13.6. The van der Waals surface area contributed by atoms with E-state index in [9.17, 15) is 19.0 Å². The minimum absolute atomic E-state index is 0.0361. The van der Waals surface area contributed by atoms with Gasteiger partial charge in [0, 0.05) is 12.8 Å². The Hall–Kier alpha value is -2.81. The molecule has 0 aromatic heterocycles. The molecule has 0 saturated carbocycles. The van der Waals surface area contributed by atoms with Gasteiger partial charge in [0.1, 0.15) is 19.3 Å². The van der Waals surface area contributed by atoms with Crippen LogP contribution in [0.2, 0.25) is 0 Å². The fraction of sp³-hybridized carbons (Fsp3) is 0.775. The van der Waals surface area contributed by atoms with Crippen LogP contribution in [-0.2, 0) is 27.9 Å². The largest absolute Gasteiger partial charge is 0.472 e. The van der Waals surface area contributed by atoms with E-state index in [1.165, 1.54) is 148 Å². The van der Waals surface area contributed by atoms with Crippen LogP contribution in [0.25, 0.3) is 0 Å². The average molecular weight is 1150 g/mol. The molecule has 0 radical (unpaired) electrons. The number of amides is 1. The van der Waals surface area contributed by atoms with Crippen molar-refractivity contribution < 1.29 is 37.3 Å². The summed E-state index contributed by atoms with van der Waals surface area (Å²) in [5, 5.41) is 3.06. The summed E-state index contributed by atoms with van der Waals surface area (Å²) in [5.74, 6) is -0.514. The van der Waals surface area contributed by atoms with Crippen LogP contribution in [0.1, 0.15) is 303 Å². The first-order chi connectivity index (χ1) is 39.4. The average Bonchev–Trinajstić information content (AvgIpc) is 3.44. The van der Waals surface area contributed by atoms with Gasteiger partial charge in [0.15, 0.2) is 0 Å². The molecule has 3 unspecified atom stereocenters. The van der Waals surface area contributed by atoms with E-state index in [0.29, 0.717) is 17.4 Å². The summed E-state index contributed by atoms with van der Waals surface area (Å²) < 4.78 is 30.8. The molecule has 2 N–H and O–H groups in total. The zero-order valence-corrected chi connectivity index (χ0v) is 54.7. The van der Waals surface area contributed by atoms with Gasteiger partial charge in [0.25, 0.3) is 0 Å². The second-order valence-electron chi connectivity index (χ2n) is 24.0. The van der Waals surface area contributed by atoms with Gasteiger partial charge in [0.2, 0.25) is 5.91 Å². The van der Waals surface area contributed by atoms with Crippen molar-refractivity contribution >= 4 is 19.7 Å². The summed E-state index contributed by atoms with van der Waals surface area (Å²) in [4.78, 5) is 37.8. The molecule has 1 amide bonds. The van der Waals surface area contributed by atoms with Crippen molar-refractivity contribution in [2.45, 2.75) is 315 Å². The van der Waals surface area contributed by atoms with E-state index in [1.54, 1.807) is 0 Å². The van der Waals surface area contributed by atoms with Crippen LogP contribution < -0.4 is 5.32 Å². The Labute approximate surface area is 501 Å². The van der Waals surface area contributed by atoms with Crippen molar-refractivity contribution in [3.63, 3.8) is 0 Å². The number of hydrogen-bond acceptors (Lipinski definition) is 6. The maximum Gasteiger partial charge on any atom is 0.472 e. The van der Waals surface area contributed by atoms with Crippen LogP contribution in [0.15, 0.2) is 85.1 Å². The number of rotatable bonds is 61. The fourth-order valence-electron chi connectivity index (χ4n) is 9.65. The van der Waals surface area contributed by atoms with Gasteiger partial charge < -0.3 is 19.4 Å². The molecule has 0 aliphatic heterocycles. The molecular formula is C71H130N2O7P+. The molecule has 0 saturated heterocycles. The Balaban J connectivity index is 5.19. The molecule has 81 heavy (non-hydrogen) atoms. The molecule has 0 spiro atoms. The number of allylic oxidation sites excluding steroid dienone is 13. The van der Waals surface area contributed by atoms with Crippen molar-refractivity contribution in [3.05, 3.63) is 85.1 Å². The number of ether oxygens (including phenoxy) is 1. The summed E-state index contributed by atoms with van der Waals surface area (Å²) in [6, 6.07) is -0.857. The normalized spacial score (nSPS) is 14.1. The number of phosphoric acid groups is 1. The van der Waals surface area contributed by atoms with Gasteiger partial charge in [-0.15, -0.1) is 0 Å². The van der Waals surface area contributed by atoms with E-state index in [4.69, 9.17) is 13.8 Å². The standard InChI is InChI=1S/C71H129N2O7P/c1-7-10-13-16-19-22-25-28-30-32-33-34-35-36-37-38-39-41-43-46-49-52-55-58-61-64-71(75)80-69(62-59-56-53-50-47-44-27-24-21-18-15-12-9-3)68(67-79-81(76,77)78-66-65-73(4,5)6)72-70(74)63-60-57-54-51-48-45-42-40-31-29-26-23-20-17-14-11-8-2/h10,13,19,22,28,30,33-34,36-37,39,41,59,62,68-69H,7-9,11-12,14-18,20-21,23-27,29,31-32,35,38,40,42-58,60-61,63-67H2,1-6H3,(H-,72,74,76,77)/p+1/b13-10-,22-19-,30-28-,34-33-,37-36-,41-39-,62-59+. The number of hydrogen-bond donors (Lipinski definition) is 2. The van der Waals surface area contributed by atoms with E-state index < -0.39 is 20.0 Å². The van der Waals surface area contributed by atoms with Crippen molar-refractivity contribution in [1.82, 2.24) is 5.32 Å². The Bertz CT molecular complexity index is 1660. The van der Waals surface area contributed by atoms with Gasteiger partial charge in [-0.1, -0.05) is 292 Å². The number of carbonyl (C=O) groups excluding carboxylic acids is 2. The highest BCUT2D eigenvalue weighted by Gasteiger charge is 2.30. The highest BCUT2D eigenvalue weighted by molar-refractivity contribution is 7.47. The lowest BCUT2D eigenvalue weighted by atomic mass is 10.0. The second-order valence-corrected chi connectivity index (χ2v) is 25.4. The third-order valence-electron chi connectivity index (χ3n) is 14.8. The molecule has 0 aromatic rings. The Morgan fingerprint density at radius 2 is 0.790 bits per heavy atom. The molecule has 10 heteroatoms. The van der Waals surface area contributed by atoms with Crippen molar-refractivity contribution in [2.75, 3.05) is 40.9 Å². The van der Waals surface area contributed by atoms with Crippen LogP contribution >= 0.6 is 7.82 Å². The molecular weight excluding hydrogens is 1020 g/mol. The number of nitrogens with zero attached hydrogens (tertiary/aromatic N) is 1. The van der Waals surface area contributed by atoms with E-state index in [0.717, 1.165) is 122 Å². The fourth-order valence-corrected chi connectivity index (χ4v) is 10.4. The monoisotopic (exact) mass is 1150 g/mol. The molecule has 9 nitrogen and oxygen atoms in total. The minimum atomic E-state index is -4.46. The zero-order chi connectivity index (χ0) is 59.3. The molecule has 470 valence electrons. The van der Waals surface area contributed by atoms with E-state index in [2.05, 4.69) is 99.0 Å². The quantitative estimate of drug-likeness (QED) is 0.0205. The summed E-state index contributed by atoms with van der Waals surface area (Å²) in [5.41, 5.74) is 0. The lowest BCUT2D eigenvalue weighted by Gasteiger charge is -2.27. The number of quaternary nitrogens is 1. The minimum Gasteiger partial charge on any atom is -0.456 e. The SMILES string of the molecule is CC/C=C\C/C=C\C/C=C\C/C=C\C/C=C\C/C=C\CCCCCCCCC(=O)OC(/C=C/CCCCCCCCCCCCC)C(COP(=O)(O)OCC[N+](C)(C)C)NC(=O)CCCCCCCCCCCCCCCCCCC. The number of unbranched alkanes of at least 4 members (excludes halogenated alkanes) is 33. The van der Waals surface area contributed by atoms with Gasteiger partial charge in [-0.3, -0.25) is 18.6 Å². The van der Waals surface area contributed by atoms with Gasteiger partial charge in [0.05, 0.1) is 33.8 Å². The maximum atomic E-state index is 13.6. The van der Waals surface area contributed by atoms with Gasteiger partial charge in [-0.25, -0.2) is 4.57 Å². The van der Waals surface area contributed by atoms with Gasteiger partial charge >= 0.3 is 13.8 Å². The smallest absolute Gasteiger partial charge is 0.456 e. The number of carbonyl (C=O) groups is 2. The van der Waals surface area contributed by atoms with Crippen molar-refractivity contribution in [1.29, 1.82) is 0 Å². The van der Waals surface area contributed by atoms with Crippen LogP contribution in [0.5, 0.6) is 0 Å². The van der Waals surface area contributed by atoms with E-state index in [-0.39, 0.29) is 31.5 Å². The Morgan fingerprint density at radius 1 is 0.444 bits per heavy atom. The summed E-state index contributed by atoms with van der Waals surface area (Å²) in [6.45, 7) is 6.92. The first-order valence-corrected chi connectivity index (χ1v) is 35.4. The van der Waals surface area contributed by atoms with Crippen LogP contribution in [0.3, 0.4) is 0 Å². The van der Waals surface area contributed by atoms with Crippen molar-refractivity contribution in [2.24, 2.45) is 0 Å². The number of phosphoric ester groups is 1. The summed E-state index contributed by atoms with van der Waals surface area (Å²) in [6.07, 6.45) is 80.1. The first-order valence-electron chi connectivity index (χ1n) is 33.9. The Morgan fingerprint density at radius 3 is 1.19 bits per heavy atom. The summed E-state index contributed by atoms with van der Waals surface area (Å²) >= 11 is 0. The third-order valence-corrected chi connectivity index (χ3v) is 15.8. The number of nitrogens with one attached hydrogen (secondary N) is 1. The zero-order valence-electron chi connectivity index (χ0n) is 53.8. The molecule has 0 bridgehead atoms. The molecule has 0 aliphatic carbocycles. The third kappa shape index (κ3) is 61.6. The predicted octanol–water partition coefficient (Wildman–Crippen LogP) is 21.3. The van der Waals surface area contributed by atoms with E-state index in [1.807, 2.05) is 33.3 Å². The summed E-state index contributed by atoms with van der Waals surface area (Å²) in [7, 11) is 1.49. The van der Waals surface area contributed by atoms with Gasteiger partial charge in [-0.2, -0.15) is 0 Å². The van der Waals surface area contributed by atoms with E-state index >= 15 is 0 Å². The number of likely N-dealkylation sites (N-methyl/N-ethyl adjacent to an activating group) is 1. The number of esters is 1. The molecule has 0 fully saturated rings. The molecule has 0 aromatic carbocycles.